The van der Waals surface area contributed by atoms with Gasteiger partial charge in [-0.1, -0.05) is 30.3 Å². The molecule has 1 aliphatic rings. The first-order valence-electron chi connectivity index (χ1n) is 5.27. The van der Waals surface area contributed by atoms with Gasteiger partial charge in [0.05, 0.1) is 5.92 Å². The van der Waals surface area contributed by atoms with Crippen LogP contribution in [0.3, 0.4) is 0 Å². The van der Waals surface area contributed by atoms with Crippen molar-refractivity contribution in [1.82, 2.24) is 5.32 Å². The van der Waals surface area contributed by atoms with Crippen molar-refractivity contribution in [2.75, 3.05) is 13.1 Å². The standard InChI is InChI=1S/C12H15NO2/c14-12(15)11-8-13-7-6-10(11)9-4-2-1-3-5-9/h1-5,10-11,13H,6-8H2,(H,14,15)/t10-,11+/m1/s1. The third-order valence-electron chi connectivity index (χ3n) is 3.03. The Morgan fingerprint density at radius 3 is 2.73 bits per heavy atom. The fourth-order valence-electron chi connectivity index (χ4n) is 2.22. The summed E-state index contributed by atoms with van der Waals surface area (Å²) in [6, 6.07) is 9.94. The van der Waals surface area contributed by atoms with Gasteiger partial charge in [0.1, 0.15) is 0 Å². The van der Waals surface area contributed by atoms with Gasteiger partial charge < -0.3 is 10.4 Å². The highest BCUT2D eigenvalue weighted by atomic mass is 16.4. The lowest BCUT2D eigenvalue weighted by molar-refractivity contribution is -0.142. The number of piperidine rings is 1. The zero-order valence-corrected chi connectivity index (χ0v) is 8.52. The van der Waals surface area contributed by atoms with Crippen molar-refractivity contribution in [2.45, 2.75) is 12.3 Å². The van der Waals surface area contributed by atoms with Gasteiger partial charge in [-0.2, -0.15) is 0 Å². The lowest BCUT2D eigenvalue weighted by atomic mass is 9.81. The van der Waals surface area contributed by atoms with Crippen LogP contribution in [-0.4, -0.2) is 24.2 Å². The van der Waals surface area contributed by atoms with E-state index in [9.17, 15) is 4.79 Å². The summed E-state index contributed by atoms with van der Waals surface area (Å²) in [5, 5.41) is 12.3. The predicted molar refractivity (Wildman–Crippen MR) is 57.8 cm³/mol. The highest BCUT2D eigenvalue weighted by Crippen LogP contribution is 2.30. The van der Waals surface area contributed by atoms with Gasteiger partial charge in [-0.05, 0) is 24.4 Å². The Morgan fingerprint density at radius 2 is 2.07 bits per heavy atom. The minimum atomic E-state index is -0.698. The van der Waals surface area contributed by atoms with Gasteiger partial charge in [0.15, 0.2) is 0 Å². The van der Waals surface area contributed by atoms with Gasteiger partial charge in [0.25, 0.3) is 0 Å². The summed E-state index contributed by atoms with van der Waals surface area (Å²) in [4.78, 5) is 11.1. The Hall–Kier alpha value is -1.35. The van der Waals surface area contributed by atoms with Crippen LogP contribution in [0, 0.1) is 5.92 Å². The first-order valence-corrected chi connectivity index (χ1v) is 5.27. The molecule has 15 heavy (non-hydrogen) atoms. The van der Waals surface area contributed by atoms with Crippen LogP contribution in [0.2, 0.25) is 0 Å². The van der Waals surface area contributed by atoms with Crippen LogP contribution < -0.4 is 5.32 Å². The number of carbonyl (C=O) groups is 1. The average Bonchev–Trinajstić information content (AvgIpc) is 2.30. The van der Waals surface area contributed by atoms with Gasteiger partial charge in [-0.25, -0.2) is 0 Å². The number of nitrogens with one attached hydrogen (secondary N) is 1. The molecule has 0 radical (unpaired) electrons. The average molecular weight is 205 g/mol. The molecule has 0 amide bonds. The first kappa shape index (κ1) is 10.2. The fraction of sp³-hybridized carbons (Fsp3) is 0.417. The Labute approximate surface area is 89.1 Å². The monoisotopic (exact) mass is 205 g/mol. The van der Waals surface area contributed by atoms with Crippen LogP contribution in [0.25, 0.3) is 0 Å². The number of aliphatic carboxylic acids is 1. The largest absolute Gasteiger partial charge is 0.481 e. The molecule has 0 aromatic heterocycles. The van der Waals surface area contributed by atoms with Crippen LogP contribution >= 0.6 is 0 Å². The first-order chi connectivity index (χ1) is 7.29. The zero-order valence-electron chi connectivity index (χ0n) is 8.52. The van der Waals surface area contributed by atoms with Crippen LogP contribution in [0.5, 0.6) is 0 Å². The summed E-state index contributed by atoms with van der Waals surface area (Å²) in [7, 11) is 0. The minimum absolute atomic E-state index is 0.157. The maximum absolute atomic E-state index is 11.1. The lowest BCUT2D eigenvalue weighted by Gasteiger charge is -2.29. The Bertz CT molecular complexity index is 337. The van der Waals surface area contributed by atoms with Crippen molar-refractivity contribution in [2.24, 2.45) is 5.92 Å². The van der Waals surface area contributed by atoms with E-state index in [0.29, 0.717) is 6.54 Å². The molecule has 80 valence electrons. The van der Waals surface area contributed by atoms with Crippen molar-refractivity contribution < 1.29 is 9.90 Å². The molecule has 0 unspecified atom stereocenters. The van der Waals surface area contributed by atoms with E-state index >= 15 is 0 Å². The number of carboxylic acids is 1. The molecule has 0 spiro atoms. The molecule has 1 aliphatic heterocycles. The summed E-state index contributed by atoms with van der Waals surface area (Å²) >= 11 is 0. The van der Waals surface area contributed by atoms with E-state index in [1.54, 1.807) is 0 Å². The molecular weight excluding hydrogens is 190 g/mol. The molecule has 2 atom stereocenters. The summed E-state index contributed by atoms with van der Waals surface area (Å²) in [5.74, 6) is -0.831. The van der Waals surface area contributed by atoms with Crippen LogP contribution in [0.4, 0.5) is 0 Å². The van der Waals surface area contributed by atoms with Crippen LogP contribution in [0.15, 0.2) is 30.3 Å². The molecule has 3 heteroatoms. The summed E-state index contributed by atoms with van der Waals surface area (Å²) in [6.45, 7) is 1.48. The summed E-state index contributed by atoms with van der Waals surface area (Å²) < 4.78 is 0. The molecule has 1 aromatic rings. The topological polar surface area (TPSA) is 49.3 Å². The predicted octanol–water partition coefficient (Wildman–Crippen LogP) is 1.46. The quantitative estimate of drug-likeness (QED) is 0.768. The van der Waals surface area contributed by atoms with E-state index in [2.05, 4.69) is 5.32 Å². The third kappa shape index (κ3) is 2.18. The zero-order chi connectivity index (χ0) is 10.7. The maximum atomic E-state index is 11.1. The molecule has 3 nitrogen and oxygen atoms in total. The summed E-state index contributed by atoms with van der Waals surface area (Å²) in [6.07, 6.45) is 0.904. The maximum Gasteiger partial charge on any atom is 0.308 e. The van der Waals surface area contributed by atoms with Gasteiger partial charge >= 0.3 is 5.97 Å². The molecular formula is C12H15NO2. The second-order valence-electron chi connectivity index (χ2n) is 3.95. The van der Waals surface area contributed by atoms with Crippen LogP contribution in [-0.2, 0) is 4.79 Å². The Balaban J connectivity index is 2.22. The second-order valence-corrected chi connectivity index (χ2v) is 3.95. The molecule has 1 fully saturated rings. The molecule has 2 N–H and O–H groups in total. The van der Waals surface area contributed by atoms with E-state index < -0.39 is 5.97 Å². The van der Waals surface area contributed by atoms with Crippen LogP contribution in [0.1, 0.15) is 17.9 Å². The lowest BCUT2D eigenvalue weighted by Crippen LogP contribution is -2.39. The highest BCUT2D eigenvalue weighted by molar-refractivity contribution is 5.72. The van der Waals surface area contributed by atoms with Gasteiger partial charge in [0, 0.05) is 6.54 Å². The van der Waals surface area contributed by atoms with Crippen molar-refractivity contribution in [3.05, 3.63) is 35.9 Å². The van der Waals surface area contributed by atoms with Crippen molar-refractivity contribution in [3.8, 4) is 0 Å². The van der Waals surface area contributed by atoms with Crippen molar-refractivity contribution in [1.29, 1.82) is 0 Å². The number of carboxylic acid groups (broad SMARTS) is 1. The van der Waals surface area contributed by atoms with Gasteiger partial charge in [-0.3, -0.25) is 4.79 Å². The van der Waals surface area contributed by atoms with Gasteiger partial charge in [0.2, 0.25) is 0 Å². The Kier molecular flexibility index (Phi) is 3.02. The van der Waals surface area contributed by atoms with Crippen molar-refractivity contribution >= 4 is 5.97 Å². The van der Waals surface area contributed by atoms with E-state index in [1.165, 1.54) is 0 Å². The SMILES string of the molecule is O=C(O)[C@H]1CNCC[C@@H]1c1ccccc1. The molecule has 1 saturated heterocycles. The summed E-state index contributed by atoms with van der Waals surface area (Å²) in [5.41, 5.74) is 1.14. The molecule has 0 aliphatic carbocycles. The molecule has 0 saturated carbocycles. The van der Waals surface area contributed by atoms with Gasteiger partial charge in [-0.15, -0.1) is 0 Å². The highest BCUT2D eigenvalue weighted by Gasteiger charge is 2.31. The molecule has 0 bridgehead atoms. The van der Waals surface area contributed by atoms with E-state index in [4.69, 9.17) is 5.11 Å². The number of hydrogen-bond acceptors (Lipinski definition) is 2. The van der Waals surface area contributed by atoms with E-state index in [-0.39, 0.29) is 11.8 Å². The fourth-order valence-corrected chi connectivity index (χ4v) is 2.22. The third-order valence-corrected chi connectivity index (χ3v) is 3.03. The Morgan fingerprint density at radius 1 is 1.33 bits per heavy atom. The second kappa shape index (κ2) is 4.45. The normalized spacial score (nSPS) is 26.1. The minimum Gasteiger partial charge on any atom is -0.481 e. The number of rotatable bonds is 2. The molecule has 1 aromatic carbocycles. The molecule has 1 heterocycles. The van der Waals surface area contributed by atoms with E-state index in [1.807, 2.05) is 30.3 Å². The smallest absolute Gasteiger partial charge is 0.308 e. The number of benzene rings is 1. The van der Waals surface area contributed by atoms with E-state index in [0.717, 1.165) is 18.5 Å². The van der Waals surface area contributed by atoms with Crippen molar-refractivity contribution in [3.63, 3.8) is 0 Å². The number of hydrogen-bond donors (Lipinski definition) is 2. The molecule has 2 rings (SSSR count).